The molecule has 0 amide bonds. The molecular formula is C15H14INO3. The number of nitrogen functional groups attached to an aromatic ring is 1. The van der Waals surface area contributed by atoms with Crippen LogP contribution in [0.15, 0.2) is 48.5 Å². The molecule has 0 fully saturated rings. The van der Waals surface area contributed by atoms with Crippen molar-refractivity contribution in [3.8, 4) is 5.75 Å². The highest BCUT2D eigenvalue weighted by atomic mass is 127. The Kier molecular flexibility index (Phi) is 5.23. The highest BCUT2D eigenvalue weighted by Gasteiger charge is 2.11. The molecule has 0 heterocycles. The van der Waals surface area contributed by atoms with Crippen LogP contribution in [-0.4, -0.2) is 19.2 Å². The van der Waals surface area contributed by atoms with Gasteiger partial charge in [-0.15, -0.1) is 0 Å². The summed E-state index contributed by atoms with van der Waals surface area (Å²) in [7, 11) is 0. The van der Waals surface area contributed by atoms with Gasteiger partial charge in [-0.2, -0.15) is 0 Å². The van der Waals surface area contributed by atoms with E-state index in [0.717, 1.165) is 9.32 Å². The first kappa shape index (κ1) is 14.6. The fourth-order valence-corrected chi connectivity index (χ4v) is 2.08. The van der Waals surface area contributed by atoms with Gasteiger partial charge in [-0.05, 0) is 52.9 Å². The van der Waals surface area contributed by atoms with Crippen LogP contribution in [0.25, 0.3) is 0 Å². The largest absolute Gasteiger partial charge is 0.490 e. The average molecular weight is 383 g/mol. The second-order valence-electron chi connectivity index (χ2n) is 4.03. The lowest BCUT2D eigenvalue weighted by Crippen LogP contribution is -2.14. The van der Waals surface area contributed by atoms with E-state index in [2.05, 4.69) is 22.6 Å². The zero-order chi connectivity index (χ0) is 14.4. The summed E-state index contributed by atoms with van der Waals surface area (Å²) in [6.07, 6.45) is 0. The Morgan fingerprint density at radius 1 is 1.10 bits per heavy atom. The van der Waals surface area contributed by atoms with Crippen LogP contribution in [0.1, 0.15) is 10.4 Å². The number of esters is 1. The Hall–Kier alpha value is -1.76. The van der Waals surface area contributed by atoms with Crippen molar-refractivity contribution in [3.63, 3.8) is 0 Å². The molecule has 2 rings (SSSR count). The molecule has 0 bridgehead atoms. The van der Waals surface area contributed by atoms with Crippen LogP contribution >= 0.6 is 22.6 Å². The minimum Gasteiger partial charge on any atom is -0.490 e. The summed E-state index contributed by atoms with van der Waals surface area (Å²) in [5.74, 6) is 0.315. The van der Waals surface area contributed by atoms with Crippen LogP contribution < -0.4 is 10.5 Å². The number of ether oxygens (including phenoxy) is 2. The van der Waals surface area contributed by atoms with Crippen LogP contribution in [0, 0.1) is 3.57 Å². The highest BCUT2D eigenvalue weighted by Crippen LogP contribution is 2.16. The Morgan fingerprint density at radius 3 is 2.60 bits per heavy atom. The Balaban J connectivity index is 1.82. The Morgan fingerprint density at radius 2 is 1.85 bits per heavy atom. The molecular weight excluding hydrogens is 369 g/mol. The second-order valence-corrected chi connectivity index (χ2v) is 5.27. The monoisotopic (exact) mass is 383 g/mol. The van der Waals surface area contributed by atoms with Gasteiger partial charge in [0.1, 0.15) is 19.0 Å². The van der Waals surface area contributed by atoms with Gasteiger partial charge in [-0.1, -0.05) is 18.2 Å². The average Bonchev–Trinajstić information content (AvgIpc) is 2.47. The summed E-state index contributed by atoms with van der Waals surface area (Å²) in [4.78, 5) is 11.9. The van der Waals surface area contributed by atoms with E-state index < -0.39 is 5.97 Å². The number of hydrogen-bond donors (Lipinski definition) is 1. The van der Waals surface area contributed by atoms with E-state index in [-0.39, 0.29) is 6.61 Å². The molecule has 0 aliphatic heterocycles. The van der Waals surface area contributed by atoms with Crippen molar-refractivity contribution in [3.05, 3.63) is 57.7 Å². The SMILES string of the molecule is Nc1ccc(I)cc1C(=O)OCCOc1ccccc1. The normalized spacial score (nSPS) is 10.1. The summed E-state index contributed by atoms with van der Waals surface area (Å²) in [6, 6.07) is 14.6. The van der Waals surface area contributed by atoms with Crippen molar-refractivity contribution in [2.75, 3.05) is 18.9 Å². The molecule has 4 nitrogen and oxygen atoms in total. The molecule has 104 valence electrons. The standard InChI is InChI=1S/C15H14INO3/c16-11-6-7-14(17)13(10-11)15(18)20-9-8-19-12-4-2-1-3-5-12/h1-7,10H,8-9,17H2. The van der Waals surface area contributed by atoms with E-state index in [9.17, 15) is 4.79 Å². The zero-order valence-corrected chi connectivity index (χ0v) is 12.9. The number of hydrogen-bond acceptors (Lipinski definition) is 4. The maximum absolute atomic E-state index is 11.9. The lowest BCUT2D eigenvalue weighted by molar-refractivity contribution is 0.0451. The molecule has 0 spiro atoms. The number of carbonyl (C=O) groups excluding carboxylic acids is 1. The predicted octanol–water partition coefficient (Wildman–Crippen LogP) is 3.11. The maximum atomic E-state index is 11.9. The van der Waals surface area contributed by atoms with Crippen molar-refractivity contribution in [2.45, 2.75) is 0 Å². The predicted molar refractivity (Wildman–Crippen MR) is 85.8 cm³/mol. The van der Waals surface area contributed by atoms with Crippen molar-refractivity contribution >= 4 is 34.2 Å². The van der Waals surface area contributed by atoms with Crippen LogP contribution in [0.2, 0.25) is 0 Å². The lowest BCUT2D eigenvalue weighted by Gasteiger charge is -2.08. The third-order valence-corrected chi connectivity index (χ3v) is 3.23. The minimum atomic E-state index is -0.433. The van der Waals surface area contributed by atoms with Crippen molar-refractivity contribution in [1.29, 1.82) is 0 Å². The summed E-state index contributed by atoms with van der Waals surface area (Å²) < 4.78 is 11.5. The fourth-order valence-electron chi connectivity index (χ4n) is 1.59. The van der Waals surface area contributed by atoms with Crippen LogP contribution in [0.5, 0.6) is 5.75 Å². The first-order valence-electron chi connectivity index (χ1n) is 6.07. The van der Waals surface area contributed by atoms with Gasteiger partial charge in [0.25, 0.3) is 0 Å². The molecule has 0 aliphatic carbocycles. The quantitative estimate of drug-likeness (QED) is 0.373. The highest BCUT2D eigenvalue weighted by molar-refractivity contribution is 14.1. The molecule has 5 heteroatoms. The zero-order valence-electron chi connectivity index (χ0n) is 10.7. The van der Waals surface area contributed by atoms with Gasteiger partial charge in [-0.3, -0.25) is 0 Å². The fraction of sp³-hybridized carbons (Fsp3) is 0.133. The van der Waals surface area contributed by atoms with E-state index in [4.69, 9.17) is 15.2 Å². The van der Waals surface area contributed by atoms with E-state index in [1.54, 1.807) is 12.1 Å². The first-order chi connectivity index (χ1) is 9.66. The maximum Gasteiger partial charge on any atom is 0.340 e. The van der Waals surface area contributed by atoms with Crippen molar-refractivity contribution in [2.24, 2.45) is 0 Å². The van der Waals surface area contributed by atoms with Crippen molar-refractivity contribution < 1.29 is 14.3 Å². The number of para-hydroxylation sites is 1. The van der Waals surface area contributed by atoms with E-state index in [0.29, 0.717) is 17.9 Å². The van der Waals surface area contributed by atoms with Crippen LogP contribution in [0.3, 0.4) is 0 Å². The summed E-state index contributed by atoms with van der Waals surface area (Å²) in [5, 5.41) is 0. The van der Waals surface area contributed by atoms with E-state index in [1.807, 2.05) is 36.4 Å². The molecule has 0 atom stereocenters. The summed E-state index contributed by atoms with van der Waals surface area (Å²) in [5.41, 5.74) is 6.55. The third-order valence-electron chi connectivity index (χ3n) is 2.56. The van der Waals surface area contributed by atoms with Crippen molar-refractivity contribution in [1.82, 2.24) is 0 Å². The minimum absolute atomic E-state index is 0.179. The van der Waals surface area contributed by atoms with Gasteiger partial charge >= 0.3 is 5.97 Å². The number of nitrogens with two attached hydrogens (primary N) is 1. The molecule has 2 aromatic carbocycles. The number of rotatable bonds is 5. The molecule has 20 heavy (non-hydrogen) atoms. The molecule has 0 aliphatic rings. The van der Waals surface area contributed by atoms with Crippen LogP contribution in [-0.2, 0) is 4.74 Å². The van der Waals surface area contributed by atoms with Gasteiger partial charge in [0.2, 0.25) is 0 Å². The molecule has 0 saturated heterocycles. The molecule has 2 aromatic rings. The molecule has 0 radical (unpaired) electrons. The van der Waals surface area contributed by atoms with Gasteiger partial charge in [0.15, 0.2) is 0 Å². The second kappa shape index (κ2) is 7.14. The molecule has 0 saturated carbocycles. The number of halogens is 1. The topological polar surface area (TPSA) is 61.6 Å². The summed E-state index contributed by atoms with van der Waals surface area (Å²) in [6.45, 7) is 0.484. The lowest BCUT2D eigenvalue weighted by atomic mass is 10.2. The molecule has 2 N–H and O–H groups in total. The van der Waals surface area contributed by atoms with Gasteiger partial charge in [-0.25, -0.2) is 4.79 Å². The molecule has 0 unspecified atom stereocenters. The number of benzene rings is 2. The third kappa shape index (κ3) is 4.12. The summed E-state index contributed by atoms with van der Waals surface area (Å²) >= 11 is 2.12. The van der Waals surface area contributed by atoms with E-state index in [1.165, 1.54) is 0 Å². The number of anilines is 1. The van der Waals surface area contributed by atoms with E-state index >= 15 is 0 Å². The van der Waals surface area contributed by atoms with Gasteiger partial charge < -0.3 is 15.2 Å². The Labute approximate surface area is 131 Å². The smallest absolute Gasteiger partial charge is 0.340 e. The van der Waals surface area contributed by atoms with Gasteiger partial charge in [0, 0.05) is 9.26 Å². The molecule has 0 aromatic heterocycles. The van der Waals surface area contributed by atoms with Crippen LogP contribution in [0.4, 0.5) is 5.69 Å². The van der Waals surface area contributed by atoms with Gasteiger partial charge in [0.05, 0.1) is 5.56 Å². The first-order valence-corrected chi connectivity index (χ1v) is 7.14. The Bertz CT molecular complexity index is 587. The number of carbonyl (C=O) groups is 1.